The first-order chi connectivity index (χ1) is 0. The maximum absolute atomic E-state index is 0. The van der Waals surface area contributed by atoms with E-state index in [2.05, 4.69) is 0 Å². The van der Waals surface area contributed by atoms with Crippen LogP contribution in [0.5, 0.6) is 0 Å². The first kappa shape index (κ1) is 76.8. The quantitative estimate of drug-likeness (QED) is 0.486. The molecule has 0 radical (unpaired) electrons. The Kier molecular flexibility index (Phi) is 610. The summed E-state index contributed by atoms with van der Waals surface area (Å²) in [5, 5.41) is 0. The van der Waals surface area contributed by atoms with Gasteiger partial charge in [-0.15, -0.1) is 0 Å². The molecule has 32 valence electrons. The molecule has 0 rings (SSSR count). The van der Waals surface area contributed by atoms with Gasteiger partial charge in [0.25, 0.3) is 0 Å². The van der Waals surface area contributed by atoms with Crippen LogP contribution in [0.1, 0.15) is 0 Å². The predicted molar refractivity (Wildman–Crippen MR) is 41.0 cm³/mol. The number of hydrogen-bond donors (Lipinski definition) is 0. The molecule has 0 aliphatic rings. The molecule has 0 aliphatic heterocycles. The molecule has 0 spiro atoms. The van der Waals surface area contributed by atoms with Gasteiger partial charge in [-0.05, 0) is 0 Å². The third-order valence-corrected chi connectivity index (χ3v) is 0. The molecule has 0 atom stereocenters. The third kappa shape index (κ3) is 43.4. The predicted octanol–water partition coefficient (Wildman–Crippen LogP) is -0.774. The van der Waals surface area contributed by atoms with E-state index in [9.17, 15) is 0 Å². The monoisotopic (exact) mass is 376 g/mol. The summed E-state index contributed by atoms with van der Waals surface area (Å²) in [7, 11) is 0. The summed E-state index contributed by atoms with van der Waals surface area (Å²) in [5.41, 5.74) is 0. The molecular weight excluding hydrogens is 378 g/mol. The molecule has 0 nitrogen and oxygen atoms in total. The van der Waals surface area contributed by atoms with Gasteiger partial charge in [0.2, 0.25) is 0 Å². The number of rotatable bonds is 0. The van der Waals surface area contributed by atoms with Crippen LogP contribution < -0.4 is 0 Å². The zero-order valence-corrected chi connectivity index (χ0v) is 15.4. The zero-order valence-electron chi connectivity index (χ0n) is 3.49. The van der Waals surface area contributed by atoms with E-state index in [0.717, 1.165) is 0 Å². The summed E-state index contributed by atoms with van der Waals surface area (Å²) in [6.45, 7) is 0. The van der Waals surface area contributed by atoms with Crippen LogP contribution in [0.4, 0.5) is 0 Å². The first-order valence-corrected chi connectivity index (χ1v) is 0. The number of hydrogen-bond acceptors (Lipinski definition) is 0. The molecule has 0 saturated heterocycles. The van der Waals surface area contributed by atoms with Gasteiger partial charge in [0.1, 0.15) is 0 Å². The van der Waals surface area contributed by atoms with E-state index in [4.69, 9.17) is 0 Å². The van der Waals surface area contributed by atoms with Crippen molar-refractivity contribution in [3.05, 3.63) is 0 Å². The fraction of sp³-hybridized carbons (Fsp3) is 0. The van der Waals surface area contributed by atoms with Crippen molar-refractivity contribution in [2.75, 3.05) is 0 Å². The van der Waals surface area contributed by atoms with Crippen LogP contribution >= 0.6 is 0 Å². The first-order valence-electron chi connectivity index (χ1n) is 0. The van der Waals surface area contributed by atoms with Crippen LogP contribution in [0.15, 0.2) is 0 Å². The Morgan fingerprint density at radius 3 is 0.571 bits per heavy atom. The smallest absolute Gasteiger partial charge is 2.00 e. The third-order valence-electron chi connectivity index (χ3n) is 0. The van der Waals surface area contributed by atoms with Gasteiger partial charge in [0.15, 0.2) is 0 Å². The average Bonchev–Trinajstić information content (AvgIpc) is 0. The summed E-state index contributed by atoms with van der Waals surface area (Å²) in [6.07, 6.45) is 0. The molecule has 0 aromatic rings. The normalized spacial score (nSPS) is 0. The van der Waals surface area contributed by atoms with Gasteiger partial charge in [-0.1, -0.05) is 0 Å². The molecule has 0 fully saturated rings. The molecule has 0 unspecified atom stereocenters. The van der Waals surface area contributed by atoms with Crippen molar-refractivity contribution in [2.24, 2.45) is 0 Å². The van der Waals surface area contributed by atoms with Gasteiger partial charge in [-0.3, -0.25) is 0 Å². The zero-order chi connectivity index (χ0) is 0. The minimum Gasteiger partial charge on any atom is -2.00 e. The second-order valence-electron chi connectivity index (χ2n) is 0. The van der Waals surface area contributed by atoms with Crippen LogP contribution in [0.25, 0.3) is 0 Å². The average molecular weight is 378 g/mol. The molecule has 0 aromatic heterocycles. The Bertz CT molecular complexity index is 11.7. The maximum atomic E-state index is 0. The summed E-state index contributed by atoms with van der Waals surface area (Å²) in [5.74, 6) is 0. The van der Waals surface area contributed by atoms with E-state index in [0.29, 0.717) is 0 Å². The molecule has 0 saturated carbocycles. The van der Waals surface area contributed by atoms with E-state index in [1.165, 1.54) is 0 Å². The molecular formula is GaInS4Zn. The standard InChI is InChI=1S/Ga.In.4S.Zn/q2*+3;4*-2;+2. The van der Waals surface area contributed by atoms with Crippen molar-refractivity contribution >= 4 is 99.6 Å². The SMILES string of the molecule is [Ga+3].[In+3].[S-2].[S-2].[S-2].[S-2].[Zn+2]. The Morgan fingerprint density at radius 2 is 0.571 bits per heavy atom. The van der Waals surface area contributed by atoms with Crippen LogP contribution in [0.3, 0.4) is 0 Å². The molecule has 0 heterocycles. The summed E-state index contributed by atoms with van der Waals surface area (Å²) < 4.78 is 0. The van der Waals surface area contributed by atoms with E-state index in [-0.39, 0.29) is 119 Å². The van der Waals surface area contributed by atoms with Gasteiger partial charge in [0, 0.05) is 0 Å². The summed E-state index contributed by atoms with van der Waals surface area (Å²) in [4.78, 5) is 0. The topological polar surface area (TPSA) is 0 Å². The van der Waals surface area contributed by atoms with E-state index < -0.39 is 0 Å². The van der Waals surface area contributed by atoms with Crippen molar-refractivity contribution in [3.63, 3.8) is 0 Å². The molecule has 0 aromatic carbocycles. The van der Waals surface area contributed by atoms with E-state index in [1.54, 1.807) is 0 Å². The minimum absolute atomic E-state index is 0. The summed E-state index contributed by atoms with van der Waals surface area (Å²) >= 11 is 0. The van der Waals surface area contributed by atoms with Crippen molar-refractivity contribution in [3.8, 4) is 0 Å². The second-order valence-corrected chi connectivity index (χ2v) is 0. The molecule has 7 heteroatoms. The Morgan fingerprint density at radius 1 is 0.571 bits per heavy atom. The van der Waals surface area contributed by atoms with Gasteiger partial charge < -0.3 is 54.0 Å². The Hall–Kier alpha value is 3.53. The molecule has 0 bridgehead atoms. The summed E-state index contributed by atoms with van der Waals surface area (Å²) in [6, 6.07) is 0. The molecule has 7 heavy (non-hydrogen) atoms. The van der Waals surface area contributed by atoms with Crippen LogP contribution in [0, 0.1) is 0 Å². The molecule has 0 amide bonds. The fourth-order valence-corrected chi connectivity index (χ4v) is 0. The van der Waals surface area contributed by atoms with Crippen molar-refractivity contribution in [2.45, 2.75) is 0 Å². The minimum atomic E-state index is 0. The Labute approximate surface area is 117 Å². The van der Waals surface area contributed by atoms with Gasteiger partial charge in [0.05, 0.1) is 0 Å². The largest absolute Gasteiger partial charge is 3.00 e. The Balaban J connectivity index is 0. The van der Waals surface area contributed by atoms with Gasteiger partial charge in [-0.25, -0.2) is 0 Å². The van der Waals surface area contributed by atoms with Crippen LogP contribution in [0.2, 0.25) is 0 Å². The van der Waals surface area contributed by atoms with Gasteiger partial charge in [-0.2, -0.15) is 0 Å². The van der Waals surface area contributed by atoms with E-state index >= 15 is 0 Å². The molecule has 0 aliphatic carbocycles. The van der Waals surface area contributed by atoms with Gasteiger partial charge >= 0.3 is 65.1 Å². The van der Waals surface area contributed by atoms with Crippen molar-refractivity contribution < 1.29 is 19.5 Å². The maximum Gasteiger partial charge on any atom is 3.00 e. The van der Waals surface area contributed by atoms with Crippen LogP contribution in [-0.2, 0) is 73.5 Å². The second kappa shape index (κ2) is 55.6. The molecule has 0 N–H and O–H groups in total. The van der Waals surface area contributed by atoms with Crippen LogP contribution in [-0.4, -0.2) is 45.6 Å². The van der Waals surface area contributed by atoms with Crippen molar-refractivity contribution in [1.29, 1.82) is 0 Å². The van der Waals surface area contributed by atoms with Crippen molar-refractivity contribution in [1.82, 2.24) is 0 Å². The fourth-order valence-electron chi connectivity index (χ4n) is 0. The van der Waals surface area contributed by atoms with E-state index in [1.807, 2.05) is 0 Å².